The van der Waals surface area contributed by atoms with E-state index in [0.29, 0.717) is 60.4 Å². The Morgan fingerprint density at radius 1 is 0.215 bits per heavy atom. The highest BCUT2D eigenvalue weighted by Crippen LogP contribution is 2.23. The summed E-state index contributed by atoms with van der Waals surface area (Å²) < 4.78 is 32.6. The lowest BCUT2D eigenvalue weighted by atomic mass is 10.0. The zero-order valence-electron chi connectivity index (χ0n) is 87.9. The van der Waals surface area contributed by atoms with Crippen LogP contribution in [0.3, 0.4) is 0 Å². The van der Waals surface area contributed by atoms with E-state index in [1.807, 2.05) is 72.8 Å². The van der Waals surface area contributed by atoms with Gasteiger partial charge in [-0.2, -0.15) is 0 Å². The molecule has 0 radical (unpaired) electrons. The Balaban J connectivity index is 1.28. The minimum atomic E-state index is -0.769. The largest absolute Gasteiger partial charge is 0.497 e. The van der Waals surface area contributed by atoms with Gasteiger partial charge in [-0.1, -0.05) is 241 Å². The molecule has 144 heavy (non-hydrogen) atoms. The van der Waals surface area contributed by atoms with Crippen LogP contribution < -0.4 is 56.7 Å². The predicted molar refractivity (Wildman–Crippen MR) is 567 cm³/mol. The second-order valence-corrected chi connectivity index (χ2v) is 37.2. The van der Waals surface area contributed by atoms with Crippen LogP contribution in [0.4, 0.5) is 0 Å². The maximum Gasteiger partial charge on any atom is 0.242 e. The van der Waals surface area contributed by atoms with Crippen molar-refractivity contribution in [3.8, 4) is 34.5 Å². The lowest BCUT2D eigenvalue weighted by Crippen LogP contribution is -2.54. The van der Waals surface area contributed by atoms with Gasteiger partial charge in [0.25, 0.3) is 0 Å². The van der Waals surface area contributed by atoms with Crippen molar-refractivity contribution >= 4 is 65.0 Å². The maximum atomic E-state index is 15.6. The average molecular weight is 2000 g/mol. The average Bonchev–Trinajstić information content (AvgIpc) is 0.843. The maximum absolute atomic E-state index is 15.6. The van der Waals surface area contributed by atoms with Gasteiger partial charge < -0.3 is 106 Å². The number of primary amides is 1. The first-order chi connectivity index (χ1) is 69.9. The number of nitrogens with zero attached hydrogens (tertiary/aromatic N) is 10. The summed E-state index contributed by atoms with van der Waals surface area (Å²) in [7, 11) is 9.26. The first-order valence-electron chi connectivity index (χ1n) is 52.6. The molecule has 0 unspecified atom stereocenters. The van der Waals surface area contributed by atoms with E-state index in [1.165, 1.54) is 174 Å². The number of benzene rings is 6. The summed E-state index contributed by atoms with van der Waals surface area (Å²) in [4.78, 5) is 178. The Labute approximate surface area is 857 Å². The monoisotopic (exact) mass is 2000 g/mol. The fourth-order valence-electron chi connectivity index (χ4n) is 17.2. The van der Waals surface area contributed by atoms with Crippen LogP contribution in [0.5, 0.6) is 34.5 Å². The number of ether oxygens (including phenoxy) is 6. The van der Waals surface area contributed by atoms with Crippen molar-refractivity contribution in [2.45, 2.75) is 219 Å². The topological polar surface area (TPSA) is 392 Å². The minimum Gasteiger partial charge on any atom is -0.497 e. The van der Waals surface area contributed by atoms with Crippen molar-refractivity contribution in [1.82, 2.24) is 54.3 Å². The number of amides is 11. The summed E-state index contributed by atoms with van der Waals surface area (Å²) in [5.74, 6) is -3.10. The standard InChI is InChI=1S/C112H171N15O17/c1-9-11-13-15-17-19-21-23-24-25-27-29-31-33-68-117-79-103(129)118(69-34-32-30-28-26-22-20-18-16-14-12-10-2)81-110(136)125(76-65-113)87-108(134)121(72-61-92-39-51-98(141-5)52-40-92)83-105(131)124(75-64-95-45-57-101(144-8)58-46-95)86-112(138)127(78-67-115)89-109(135)122(73-62-93-41-53-99(142-6)54-42-93)84-106(132)123(74-63-94-43-55-100(143-7)56-44-94)85-111(137)126(77-66-114)88-107(133)120(71-60-91-37-49-97(140-4)50-38-91)82-104(130)119(80-102(116)128)70-59-90-35-47-96(139-3)48-36-90/h35-58,117H,9-34,59-89,113-115H2,1-8H3,(H2,116,128). The zero-order chi connectivity index (χ0) is 104. The van der Waals surface area contributed by atoms with Gasteiger partial charge in [-0.25, -0.2) is 0 Å². The first-order valence-corrected chi connectivity index (χ1v) is 52.6. The van der Waals surface area contributed by atoms with E-state index in [0.717, 1.165) is 78.3 Å². The number of carbonyl (C=O) groups is 11. The molecule has 0 aliphatic rings. The number of carbonyl (C=O) groups excluding carboxylic acids is 11. The third kappa shape index (κ3) is 48.7. The first kappa shape index (κ1) is 121. The summed E-state index contributed by atoms with van der Waals surface area (Å²) in [6, 6.07) is 43.2. The molecule has 0 spiro atoms. The molecule has 32 nitrogen and oxygen atoms in total. The smallest absolute Gasteiger partial charge is 0.242 e. The fraction of sp³-hybridized carbons (Fsp3) is 0.580. The van der Waals surface area contributed by atoms with Gasteiger partial charge >= 0.3 is 0 Å². The SMILES string of the molecule is CCCCCCCCCCCCCCCCNCC(=O)N(CCCCCCCCCCCCCC)CC(=O)N(CCN)CC(=O)N(CCc1ccc(OC)cc1)CC(=O)N(CCc1ccc(OC)cc1)CC(=O)N(CCN)CC(=O)N(CCc1ccc(OC)cc1)CC(=O)N(CCc1ccc(OC)cc1)CC(=O)N(CCN)CC(=O)N(CCc1ccc(OC)cc1)CC(=O)N(CCc1ccc(OC)cc1)CC(N)=O. The Kier molecular flexibility index (Phi) is 60.7. The van der Waals surface area contributed by atoms with E-state index in [2.05, 4.69) is 19.2 Å². The van der Waals surface area contributed by atoms with E-state index >= 15 is 33.6 Å². The third-order valence-electron chi connectivity index (χ3n) is 26.2. The van der Waals surface area contributed by atoms with Gasteiger partial charge in [-0.3, -0.25) is 52.7 Å². The Bertz CT molecular complexity index is 4650. The van der Waals surface area contributed by atoms with Crippen molar-refractivity contribution in [2.75, 3.05) is 206 Å². The Morgan fingerprint density at radius 3 is 0.562 bits per heavy atom. The van der Waals surface area contributed by atoms with E-state index in [1.54, 1.807) is 106 Å². The molecule has 0 saturated heterocycles. The van der Waals surface area contributed by atoms with Crippen molar-refractivity contribution in [2.24, 2.45) is 22.9 Å². The number of hydrogen-bond donors (Lipinski definition) is 5. The number of hydrogen-bond acceptors (Lipinski definition) is 21. The third-order valence-corrected chi connectivity index (χ3v) is 26.2. The quantitative estimate of drug-likeness (QED) is 0.0221. The molecular formula is C112H171N15O17. The molecule has 0 aliphatic carbocycles. The van der Waals surface area contributed by atoms with Gasteiger partial charge in [0, 0.05) is 85.1 Å². The van der Waals surface area contributed by atoms with Gasteiger partial charge in [0.15, 0.2) is 0 Å². The van der Waals surface area contributed by atoms with E-state index in [-0.39, 0.29) is 130 Å². The number of rotatable bonds is 80. The van der Waals surface area contributed by atoms with Crippen molar-refractivity contribution in [3.05, 3.63) is 179 Å². The van der Waals surface area contributed by atoms with E-state index < -0.39 is 118 Å². The summed E-state index contributed by atoms with van der Waals surface area (Å²) >= 11 is 0. The van der Waals surface area contributed by atoms with Gasteiger partial charge in [0.05, 0.1) is 115 Å². The molecular weight excluding hydrogens is 1830 g/mol. The van der Waals surface area contributed by atoms with E-state index in [9.17, 15) is 19.2 Å². The van der Waals surface area contributed by atoms with Crippen molar-refractivity contribution < 1.29 is 81.2 Å². The molecule has 0 aliphatic heterocycles. The van der Waals surface area contributed by atoms with Crippen molar-refractivity contribution in [3.63, 3.8) is 0 Å². The molecule has 32 heteroatoms. The number of unbranched alkanes of at least 4 members (excludes halogenated alkanes) is 24. The van der Waals surface area contributed by atoms with Crippen LogP contribution in [0.25, 0.3) is 0 Å². The van der Waals surface area contributed by atoms with Crippen LogP contribution in [0.1, 0.15) is 214 Å². The van der Waals surface area contributed by atoms with E-state index in [4.69, 9.17) is 51.4 Å². The number of methoxy groups -OCH3 is 6. The van der Waals surface area contributed by atoms with Gasteiger partial charge in [0.1, 0.15) is 34.5 Å². The van der Waals surface area contributed by atoms with Gasteiger partial charge in [-0.15, -0.1) is 0 Å². The number of nitrogens with one attached hydrogen (secondary N) is 1. The van der Waals surface area contributed by atoms with Crippen LogP contribution in [0.2, 0.25) is 0 Å². The normalized spacial score (nSPS) is 11.0. The summed E-state index contributed by atoms with van der Waals surface area (Å²) in [5, 5.41) is 3.37. The molecule has 0 atom stereocenters. The molecule has 6 rings (SSSR count). The Hall–Kier alpha value is -11.9. The van der Waals surface area contributed by atoms with Crippen LogP contribution in [-0.2, 0) is 91.3 Å². The highest BCUT2D eigenvalue weighted by atomic mass is 16.5. The minimum absolute atomic E-state index is 0.00943. The summed E-state index contributed by atoms with van der Waals surface area (Å²) in [6.07, 6.45) is 32.4. The molecule has 0 aromatic heterocycles. The summed E-state index contributed by atoms with van der Waals surface area (Å²) in [5.41, 5.74) is 29.4. The predicted octanol–water partition coefficient (Wildman–Crippen LogP) is 11.9. The highest BCUT2D eigenvalue weighted by Gasteiger charge is 2.34. The van der Waals surface area contributed by atoms with Crippen LogP contribution >= 0.6 is 0 Å². The van der Waals surface area contributed by atoms with Crippen LogP contribution in [0.15, 0.2) is 146 Å². The Morgan fingerprint density at radius 2 is 0.382 bits per heavy atom. The molecule has 6 aromatic carbocycles. The highest BCUT2D eigenvalue weighted by molar-refractivity contribution is 5.95. The molecule has 796 valence electrons. The second kappa shape index (κ2) is 72.4. The molecule has 0 heterocycles. The summed E-state index contributed by atoms with van der Waals surface area (Å²) in [6.45, 7) is -0.690. The fourth-order valence-corrected chi connectivity index (χ4v) is 17.2. The molecule has 11 amide bonds. The second-order valence-electron chi connectivity index (χ2n) is 37.2. The molecule has 0 saturated carbocycles. The number of nitrogens with two attached hydrogens (primary N) is 4. The molecule has 9 N–H and O–H groups in total. The molecule has 0 fully saturated rings. The lowest BCUT2D eigenvalue weighted by molar-refractivity contribution is -0.149. The van der Waals surface area contributed by atoms with Crippen LogP contribution in [-0.4, -0.2) is 320 Å². The van der Waals surface area contributed by atoms with Crippen LogP contribution in [0, 0.1) is 0 Å². The van der Waals surface area contributed by atoms with Gasteiger partial charge in [0.2, 0.25) is 65.0 Å². The zero-order valence-corrected chi connectivity index (χ0v) is 87.9. The molecule has 0 bridgehead atoms. The lowest BCUT2D eigenvalue weighted by Gasteiger charge is -2.33. The molecule has 6 aromatic rings. The van der Waals surface area contributed by atoms with Gasteiger partial charge in [-0.05, 0) is 164 Å². The van der Waals surface area contributed by atoms with Crippen molar-refractivity contribution in [1.29, 1.82) is 0 Å².